The van der Waals surface area contributed by atoms with E-state index >= 15 is 0 Å². The van der Waals surface area contributed by atoms with E-state index in [4.69, 9.17) is 0 Å². The number of pyridine rings is 1. The van der Waals surface area contributed by atoms with Gasteiger partial charge in [0.25, 0.3) is 0 Å². The summed E-state index contributed by atoms with van der Waals surface area (Å²) >= 11 is 1.86. The third-order valence-electron chi connectivity index (χ3n) is 4.43. The number of thiophene rings is 1. The van der Waals surface area contributed by atoms with Crippen LogP contribution in [0.2, 0.25) is 0 Å². The lowest BCUT2D eigenvalue weighted by Gasteiger charge is -1.99. The van der Waals surface area contributed by atoms with Gasteiger partial charge in [0.2, 0.25) is 0 Å². The van der Waals surface area contributed by atoms with E-state index in [0.29, 0.717) is 0 Å². The predicted octanol–water partition coefficient (Wildman–Crippen LogP) is 3.97. The van der Waals surface area contributed by atoms with Gasteiger partial charge in [-0.2, -0.15) is 0 Å². The smallest absolute Gasteiger partial charge is 0.134 e. The minimum absolute atomic E-state index is 1.27. The Balaban J connectivity index is 2.23. The first-order valence-electron chi connectivity index (χ1n) is 6.97. The molecule has 0 spiro atoms. The second kappa shape index (κ2) is 3.18. The molecule has 0 amide bonds. The molecule has 2 aromatic carbocycles. The standard InChI is InChI=1S/C17H10N3S/c1-2-13-17-15-12(21-13)6-5-10-3-4-11-7-9-20(16(11)14(10)15)18-19(17)8-1/h1-9,18H/q+1. The highest BCUT2D eigenvalue weighted by Crippen LogP contribution is 2.40. The summed E-state index contributed by atoms with van der Waals surface area (Å²) in [6.45, 7) is 0. The van der Waals surface area contributed by atoms with E-state index in [1.807, 2.05) is 11.3 Å². The molecule has 0 bridgehead atoms. The molecule has 0 aliphatic carbocycles. The summed E-state index contributed by atoms with van der Waals surface area (Å²) in [7, 11) is 0. The normalized spacial score (nSPS) is 12.8. The molecule has 0 unspecified atom stereocenters. The third-order valence-corrected chi connectivity index (χ3v) is 5.53. The largest absolute Gasteiger partial charge is 0.179 e. The molecule has 0 radical (unpaired) electrons. The highest BCUT2D eigenvalue weighted by molar-refractivity contribution is 7.26. The van der Waals surface area contributed by atoms with Crippen LogP contribution in [-0.4, -0.2) is 9.73 Å². The maximum absolute atomic E-state index is 3.49. The van der Waals surface area contributed by atoms with Crippen molar-refractivity contribution in [3.8, 4) is 0 Å². The van der Waals surface area contributed by atoms with Crippen molar-refractivity contribution >= 4 is 53.3 Å². The van der Waals surface area contributed by atoms with Crippen molar-refractivity contribution in [1.82, 2.24) is 9.73 Å². The highest BCUT2D eigenvalue weighted by Gasteiger charge is 2.20. The summed E-state index contributed by atoms with van der Waals surface area (Å²) in [5, 5.41) is 8.78. The van der Waals surface area contributed by atoms with Crippen molar-refractivity contribution in [3.63, 3.8) is 0 Å². The first-order chi connectivity index (χ1) is 10.4. The maximum atomic E-state index is 3.49. The number of hydrogen-bond donors (Lipinski definition) is 1. The van der Waals surface area contributed by atoms with Crippen molar-refractivity contribution in [2.24, 2.45) is 0 Å². The number of hydrogen-bond acceptors (Lipinski definition) is 1. The summed E-state index contributed by atoms with van der Waals surface area (Å²) in [6, 6.07) is 15.4. The number of aromatic nitrogens is 3. The van der Waals surface area contributed by atoms with Gasteiger partial charge in [-0.3, -0.25) is 0 Å². The Morgan fingerprint density at radius 2 is 1.81 bits per heavy atom. The van der Waals surface area contributed by atoms with Gasteiger partial charge >= 0.3 is 0 Å². The molecule has 3 nitrogen and oxygen atoms in total. The second-order valence-electron chi connectivity index (χ2n) is 5.52. The van der Waals surface area contributed by atoms with Gasteiger partial charge in [0, 0.05) is 15.5 Å². The van der Waals surface area contributed by atoms with Crippen LogP contribution >= 0.6 is 11.3 Å². The molecular formula is C17H10N3S+. The van der Waals surface area contributed by atoms with Crippen LogP contribution in [0.25, 0.3) is 42.0 Å². The average molecular weight is 288 g/mol. The van der Waals surface area contributed by atoms with Crippen LogP contribution in [0.15, 0.2) is 54.9 Å². The molecule has 6 rings (SSSR count). The van der Waals surface area contributed by atoms with Gasteiger partial charge in [0.15, 0.2) is 11.0 Å². The minimum Gasteiger partial charge on any atom is -0.134 e. The molecule has 0 saturated heterocycles. The van der Waals surface area contributed by atoms with Crippen molar-refractivity contribution in [2.75, 3.05) is 0 Å². The zero-order chi connectivity index (χ0) is 13.6. The number of benzene rings is 2. The molecule has 21 heavy (non-hydrogen) atoms. The molecular weight excluding hydrogens is 278 g/mol. The molecule has 4 aromatic heterocycles. The van der Waals surface area contributed by atoms with E-state index < -0.39 is 0 Å². The SMILES string of the molecule is c1cc2sc3ccc4ccc5cc[n+]6[nH]n(c1)c2c3c4c56. The van der Waals surface area contributed by atoms with Gasteiger partial charge in [-0.05, 0) is 35.7 Å². The van der Waals surface area contributed by atoms with Crippen molar-refractivity contribution in [1.29, 1.82) is 0 Å². The molecule has 0 aliphatic heterocycles. The Bertz CT molecular complexity index is 1290. The number of aromatic amines is 1. The molecule has 98 valence electrons. The Labute approximate surface area is 122 Å². The quantitative estimate of drug-likeness (QED) is 0.409. The van der Waals surface area contributed by atoms with Gasteiger partial charge in [-0.25, -0.2) is 0 Å². The summed E-state index contributed by atoms with van der Waals surface area (Å²) in [4.78, 5) is 0. The van der Waals surface area contributed by atoms with E-state index in [0.717, 1.165) is 0 Å². The summed E-state index contributed by atoms with van der Waals surface area (Å²) in [6.07, 6.45) is 4.19. The van der Waals surface area contributed by atoms with E-state index in [1.54, 1.807) is 0 Å². The first-order valence-corrected chi connectivity index (χ1v) is 7.78. The molecule has 0 aliphatic rings. The predicted molar refractivity (Wildman–Crippen MR) is 86.5 cm³/mol. The fraction of sp³-hybridized carbons (Fsp3) is 0. The van der Waals surface area contributed by atoms with Gasteiger partial charge < -0.3 is 0 Å². The van der Waals surface area contributed by atoms with Crippen LogP contribution in [0.3, 0.4) is 0 Å². The van der Waals surface area contributed by atoms with Crippen LogP contribution in [0, 0.1) is 0 Å². The molecule has 0 saturated carbocycles. The van der Waals surface area contributed by atoms with E-state index in [-0.39, 0.29) is 0 Å². The number of nitrogens with one attached hydrogen (secondary N) is 1. The lowest BCUT2D eigenvalue weighted by Crippen LogP contribution is -2.24. The maximum Gasteiger partial charge on any atom is 0.179 e. The fourth-order valence-electron chi connectivity index (χ4n) is 3.56. The van der Waals surface area contributed by atoms with Gasteiger partial charge in [-0.15, -0.1) is 20.4 Å². The van der Waals surface area contributed by atoms with Gasteiger partial charge in [0.1, 0.15) is 12.4 Å². The monoisotopic (exact) mass is 288 g/mol. The van der Waals surface area contributed by atoms with Gasteiger partial charge in [0.05, 0.1) is 10.1 Å². The number of rotatable bonds is 0. The molecule has 1 N–H and O–H groups in total. The van der Waals surface area contributed by atoms with E-state index in [2.05, 4.69) is 69.1 Å². The molecule has 4 heterocycles. The zero-order valence-corrected chi connectivity index (χ0v) is 11.8. The third kappa shape index (κ3) is 1.06. The van der Waals surface area contributed by atoms with Crippen molar-refractivity contribution < 1.29 is 4.52 Å². The second-order valence-corrected chi connectivity index (χ2v) is 6.60. The Morgan fingerprint density at radius 3 is 2.81 bits per heavy atom. The zero-order valence-electron chi connectivity index (χ0n) is 11.0. The topological polar surface area (TPSA) is 24.3 Å². The molecule has 4 heteroatoms. The summed E-state index contributed by atoms with van der Waals surface area (Å²) in [5.41, 5.74) is 2.54. The van der Waals surface area contributed by atoms with Gasteiger partial charge in [-0.1, -0.05) is 17.3 Å². The van der Waals surface area contributed by atoms with Crippen LogP contribution < -0.4 is 4.52 Å². The molecule has 0 atom stereocenters. The highest BCUT2D eigenvalue weighted by atomic mass is 32.1. The lowest BCUT2D eigenvalue weighted by atomic mass is 10.0. The summed E-state index contributed by atoms with van der Waals surface area (Å²) < 4.78 is 6.92. The van der Waals surface area contributed by atoms with Crippen LogP contribution in [0.1, 0.15) is 0 Å². The van der Waals surface area contributed by atoms with Crippen molar-refractivity contribution in [2.45, 2.75) is 0 Å². The lowest BCUT2D eigenvalue weighted by molar-refractivity contribution is -0.583. The van der Waals surface area contributed by atoms with E-state index in [9.17, 15) is 0 Å². The Morgan fingerprint density at radius 1 is 0.905 bits per heavy atom. The Kier molecular flexibility index (Phi) is 1.54. The summed E-state index contributed by atoms with van der Waals surface area (Å²) in [5.74, 6) is 0. The molecule has 6 aromatic rings. The van der Waals surface area contributed by atoms with E-state index in [1.165, 1.54) is 42.0 Å². The number of H-pyrrole nitrogens is 1. The minimum atomic E-state index is 1.27. The van der Waals surface area contributed by atoms with Crippen LogP contribution in [0.4, 0.5) is 0 Å². The van der Waals surface area contributed by atoms with Crippen molar-refractivity contribution in [3.05, 3.63) is 54.9 Å². The number of nitrogens with zero attached hydrogens (tertiary/aromatic N) is 2. The first kappa shape index (κ1) is 10.2. The Hall–Kier alpha value is -2.59. The fourth-order valence-corrected chi connectivity index (χ4v) is 4.67. The van der Waals surface area contributed by atoms with Crippen LogP contribution in [-0.2, 0) is 0 Å². The molecule has 0 fully saturated rings. The average Bonchev–Trinajstić information content (AvgIpc) is 3.04. The van der Waals surface area contributed by atoms with Crippen LogP contribution in [0.5, 0.6) is 0 Å².